The van der Waals surface area contributed by atoms with E-state index in [4.69, 9.17) is 0 Å². The van der Waals surface area contributed by atoms with Crippen LogP contribution in [0.1, 0.15) is 16.8 Å². The number of fused-ring (bicyclic) bond motifs is 2. The zero-order chi connectivity index (χ0) is 14.2. The second-order valence-electron chi connectivity index (χ2n) is 5.57. The Labute approximate surface area is 122 Å². The summed E-state index contributed by atoms with van der Waals surface area (Å²) in [4.78, 5) is 6.95. The van der Waals surface area contributed by atoms with Crippen molar-refractivity contribution in [3.8, 4) is 0 Å². The van der Waals surface area contributed by atoms with Gasteiger partial charge in [0.15, 0.2) is 0 Å². The van der Waals surface area contributed by atoms with Gasteiger partial charge in [-0.05, 0) is 29.7 Å². The van der Waals surface area contributed by atoms with Gasteiger partial charge in [-0.1, -0.05) is 24.3 Å². The minimum atomic E-state index is -0.238. The molecule has 1 aliphatic heterocycles. The van der Waals surface area contributed by atoms with Crippen LogP contribution in [-0.2, 0) is 19.5 Å². The molecule has 3 aromatic rings. The Kier molecular flexibility index (Phi) is 2.97. The Morgan fingerprint density at radius 2 is 1.90 bits per heavy atom. The summed E-state index contributed by atoms with van der Waals surface area (Å²) < 4.78 is 15.0. The van der Waals surface area contributed by atoms with Crippen LogP contribution in [0.4, 0.5) is 4.39 Å². The van der Waals surface area contributed by atoms with Crippen molar-refractivity contribution in [2.24, 2.45) is 0 Å². The maximum Gasteiger partial charge on any atom is 0.139 e. The molecule has 1 aliphatic rings. The summed E-state index contributed by atoms with van der Waals surface area (Å²) in [6.07, 6.45) is 4.47. The molecule has 4 heteroatoms. The van der Waals surface area contributed by atoms with Gasteiger partial charge in [0.25, 0.3) is 0 Å². The first-order valence-electron chi connectivity index (χ1n) is 7.20. The largest absolute Gasteiger partial charge is 0.304 e. The van der Waals surface area contributed by atoms with Crippen molar-refractivity contribution in [1.82, 2.24) is 14.3 Å². The summed E-state index contributed by atoms with van der Waals surface area (Å²) in [5.74, 6) is -0.238. The first kappa shape index (κ1) is 12.5. The smallest absolute Gasteiger partial charge is 0.139 e. The normalized spacial score (nSPS) is 15.3. The molecular weight excluding hydrogens is 265 g/mol. The fourth-order valence-corrected chi connectivity index (χ4v) is 3.01. The molecule has 0 fully saturated rings. The highest BCUT2D eigenvalue weighted by atomic mass is 19.1. The third-order valence-electron chi connectivity index (χ3n) is 4.06. The molecule has 0 unspecified atom stereocenters. The molecule has 3 heterocycles. The minimum Gasteiger partial charge on any atom is -0.304 e. The predicted molar refractivity (Wildman–Crippen MR) is 79.4 cm³/mol. The fraction of sp³-hybridized carbons (Fsp3) is 0.235. The van der Waals surface area contributed by atoms with E-state index in [1.165, 1.54) is 23.4 Å². The Morgan fingerprint density at radius 3 is 2.81 bits per heavy atom. The Hall–Kier alpha value is -2.20. The number of nitrogens with zero attached hydrogens (tertiary/aromatic N) is 3. The maximum absolute atomic E-state index is 13.2. The molecule has 0 bridgehead atoms. The van der Waals surface area contributed by atoms with Crippen LogP contribution in [0.5, 0.6) is 0 Å². The van der Waals surface area contributed by atoms with Crippen molar-refractivity contribution in [2.75, 3.05) is 6.54 Å². The molecule has 0 N–H and O–H groups in total. The SMILES string of the molecule is Fc1ccc2nc(CN3CCc4ccccc4C3)cn2c1. The molecule has 0 saturated heterocycles. The van der Waals surface area contributed by atoms with Crippen molar-refractivity contribution in [3.05, 3.63) is 71.4 Å². The molecule has 106 valence electrons. The summed E-state index contributed by atoms with van der Waals surface area (Å²) in [6, 6.07) is 11.8. The van der Waals surface area contributed by atoms with Crippen LogP contribution in [0.2, 0.25) is 0 Å². The van der Waals surface area contributed by atoms with E-state index in [1.54, 1.807) is 10.5 Å². The molecule has 2 aromatic heterocycles. The molecule has 3 nitrogen and oxygen atoms in total. The molecule has 4 rings (SSSR count). The molecule has 0 radical (unpaired) electrons. The van der Waals surface area contributed by atoms with Crippen molar-refractivity contribution < 1.29 is 4.39 Å². The predicted octanol–water partition coefficient (Wildman–Crippen LogP) is 3.03. The molecule has 0 saturated carbocycles. The van der Waals surface area contributed by atoms with E-state index >= 15 is 0 Å². The van der Waals surface area contributed by atoms with Crippen LogP contribution in [0.25, 0.3) is 5.65 Å². The Balaban J connectivity index is 1.55. The lowest BCUT2D eigenvalue weighted by Gasteiger charge is -2.27. The Bertz CT molecular complexity index is 794. The van der Waals surface area contributed by atoms with Gasteiger partial charge < -0.3 is 4.40 Å². The summed E-state index contributed by atoms with van der Waals surface area (Å²) in [5, 5.41) is 0. The number of aromatic nitrogens is 2. The highest BCUT2D eigenvalue weighted by Crippen LogP contribution is 2.20. The Morgan fingerprint density at radius 1 is 1.05 bits per heavy atom. The molecule has 0 aliphatic carbocycles. The molecular formula is C17H16FN3. The van der Waals surface area contributed by atoms with E-state index < -0.39 is 0 Å². The van der Waals surface area contributed by atoms with Crippen LogP contribution >= 0.6 is 0 Å². The standard InChI is InChI=1S/C17H16FN3/c18-15-5-6-17-19-16(12-21(17)10-15)11-20-8-7-13-3-1-2-4-14(13)9-20/h1-6,10,12H,7-9,11H2. The van der Waals surface area contributed by atoms with E-state index in [0.717, 1.165) is 37.4 Å². The molecule has 0 atom stereocenters. The number of rotatable bonds is 2. The van der Waals surface area contributed by atoms with E-state index in [1.807, 2.05) is 6.20 Å². The van der Waals surface area contributed by atoms with Gasteiger partial charge in [0.05, 0.1) is 5.69 Å². The number of pyridine rings is 1. The quantitative estimate of drug-likeness (QED) is 0.719. The van der Waals surface area contributed by atoms with Crippen LogP contribution in [0.15, 0.2) is 48.8 Å². The molecule has 0 amide bonds. The lowest BCUT2D eigenvalue weighted by Crippen LogP contribution is -2.30. The highest BCUT2D eigenvalue weighted by Gasteiger charge is 2.16. The van der Waals surface area contributed by atoms with E-state index in [2.05, 4.69) is 34.1 Å². The molecule has 0 spiro atoms. The van der Waals surface area contributed by atoms with Gasteiger partial charge in [-0.15, -0.1) is 0 Å². The van der Waals surface area contributed by atoms with Crippen LogP contribution < -0.4 is 0 Å². The van der Waals surface area contributed by atoms with Crippen LogP contribution in [0.3, 0.4) is 0 Å². The van der Waals surface area contributed by atoms with Gasteiger partial charge >= 0.3 is 0 Å². The number of hydrogen-bond donors (Lipinski definition) is 0. The number of imidazole rings is 1. The van der Waals surface area contributed by atoms with Gasteiger partial charge in [-0.3, -0.25) is 4.90 Å². The molecule has 1 aromatic carbocycles. The third kappa shape index (κ3) is 2.43. The number of benzene rings is 1. The summed E-state index contributed by atoms with van der Waals surface area (Å²) in [6.45, 7) is 2.80. The third-order valence-corrected chi connectivity index (χ3v) is 4.06. The van der Waals surface area contributed by atoms with Crippen molar-refractivity contribution in [1.29, 1.82) is 0 Å². The van der Waals surface area contributed by atoms with Crippen LogP contribution in [0, 0.1) is 5.82 Å². The number of hydrogen-bond acceptors (Lipinski definition) is 2. The second-order valence-corrected chi connectivity index (χ2v) is 5.57. The van der Waals surface area contributed by atoms with Gasteiger partial charge in [0.1, 0.15) is 11.5 Å². The first-order chi connectivity index (χ1) is 10.3. The lowest BCUT2D eigenvalue weighted by molar-refractivity contribution is 0.243. The summed E-state index contributed by atoms with van der Waals surface area (Å²) in [5.41, 5.74) is 4.63. The van der Waals surface area contributed by atoms with Gasteiger partial charge in [-0.25, -0.2) is 9.37 Å². The van der Waals surface area contributed by atoms with E-state index in [0.29, 0.717) is 0 Å². The minimum absolute atomic E-state index is 0.238. The summed E-state index contributed by atoms with van der Waals surface area (Å²) in [7, 11) is 0. The molecule has 21 heavy (non-hydrogen) atoms. The zero-order valence-corrected chi connectivity index (χ0v) is 11.7. The van der Waals surface area contributed by atoms with Gasteiger partial charge in [-0.2, -0.15) is 0 Å². The average molecular weight is 281 g/mol. The fourth-order valence-electron chi connectivity index (χ4n) is 3.01. The van der Waals surface area contributed by atoms with Crippen molar-refractivity contribution in [2.45, 2.75) is 19.5 Å². The van der Waals surface area contributed by atoms with E-state index in [-0.39, 0.29) is 5.82 Å². The zero-order valence-electron chi connectivity index (χ0n) is 11.7. The lowest BCUT2D eigenvalue weighted by atomic mass is 10.00. The van der Waals surface area contributed by atoms with Gasteiger partial charge in [0, 0.05) is 32.0 Å². The van der Waals surface area contributed by atoms with E-state index in [9.17, 15) is 4.39 Å². The van der Waals surface area contributed by atoms with Gasteiger partial charge in [0.2, 0.25) is 0 Å². The number of halogens is 1. The van der Waals surface area contributed by atoms with Crippen molar-refractivity contribution >= 4 is 5.65 Å². The second kappa shape index (κ2) is 4.97. The monoisotopic (exact) mass is 281 g/mol. The van der Waals surface area contributed by atoms with Crippen LogP contribution in [-0.4, -0.2) is 20.8 Å². The average Bonchev–Trinajstić information content (AvgIpc) is 2.88. The topological polar surface area (TPSA) is 20.5 Å². The van der Waals surface area contributed by atoms with Crippen molar-refractivity contribution in [3.63, 3.8) is 0 Å². The summed E-state index contributed by atoms with van der Waals surface area (Å²) >= 11 is 0. The first-order valence-corrected chi connectivity index (χ1v) is 7.20. The maximum atomic E-state index is 13.2. The highest BCUT2D eigenvalue weighted by molar-refractivity contribution is 5.39.